The molecule has 2 N–H and O–H groups in total. The van der Waals surface area contributed by atoms with Crippen LogP contribution >= 0.6 is 23.2 Å². The first-order valence-electron chi connectivity index (χ1n) is 9.28. The summed E-state index contributed by atoms with van der Waals surface area (Å²) in [5.74, 6) is -0.258. The third-order valence-electron chi connectivity index (χ3n) is 4.88. The average Bonchev–Trinajstić information content (AvgIpc) is 3.12. The zero-order chi connectivity index (χ0) is 20.1. The van der Waals surface area contributed by atoms with Crippen molar-refractivity contribution in [1.29, 1.82) is 0 Å². The van der Waals surface area contributed by atoms with E-state index in [4.69, 9.17) is 23.2 Å². The van der Waals surface area contributed by atoms with Gasteiger partial charge in [0.25, 0.3) is 0 Å². The van der Waals surface area contributed by atoms with Crippen molar-refractivity contribution in [2.45, 2.75) is 31.8 Å². The van der Waals surface area contributed by atoms with E-state index >= 15 is 0 Å². The number of carbonyl (C=O) groups is 2. The number of hydrogen-bond acceptors (Lipinski definition) is 3. The van der Waals surface area contributed by atoms with Crippen molar-refractivity contribution < 1.29 is 9.59 Å². The van der Waals surface area contributed by atoms with Gasteiger partial charge >= 0.3 is 0 Å². The lowest BCUT2D eigenvalue weighted by Gasteiger charge is -2.24. The molecule has 3 rings (SSSR count). The first-order chi connectivity index (χ1) is 13.4. The van der Waals surface area contributed by atoms with Gasteiger partial charge in [0.1, 0.15) is 0 Å². The van der Waals surface area contributed by atoms with Gasteiger partial charge in [0, 0.05) is 5.02 Å². The number of nitrogens with zero attached hydrogens (tertiary/aromatic N) is 1. The molecular formula is C21H23Cl2N3O2. The van der Waals surface area contributed by atoms with Crippen molar-refractivity contribution in [3.05, 3.63) is 64.1 Å². The van der Waals surface area contributed by atoms with Crippen molar-refractivity contribution in [1.82, 2.24) is 10.2 Å². The zero-order valence-electron chi connectivity index (χ0n) is 15.6. The van der Waals surface area contributed by atoms with Crippen LogP contribution in [0.3, 0.4) is 0 Å². The lowest BCUT2D eigenvalue weighted by molar-refractivity contribution is -0.125. The minimum absolute atomic E-state index is 0.0866. The molecule has 0 aromatic heterocycles. The number of rotatable bonds is 6. The van der Waals surface area contributed by atoms with Gasteiger partial charge in [-0.25, -0.2) is 0 Å². The molecule has 1 aliphatic rings. The quantitative estimate of drug-likeness (QED) is 0.734. The molecule has 0 radical (unpaired) electrons. The van der Waals surface area contributed by atoms with Gasteiger partial charge in [0.05, 0.1) is 29.3 Å². The molecule has 2 amide bonds. The summed E-state index contributed by atoms with van der Waals surface area (Å²) in [6, 6.07) is 14.3. The number of likely N-dealkylation sites (tertiary alicyclic amines) is 1. The number of carbonyl (C=O) groups excluding carboxylic acids is 2. The summed E-state index contributed by atoms with van der Waals surface area (Å²) in [7, 11) is 0. The zero-order valence-corrected chi connectivity index (χ0v) is 17.1. The number of halogens is 2. The topological polar surface area (TPSA) is 61.4 Å². The molecule has 0 bridgehead atoms. The van der Waals surface area contributed by atoms with Crippen LogP contribution in [0.4, 0.5) is 5.69 Å². The molecule has 5 nitrogen and oxygen atoms in total. The van der Waals surface area contributed by atoms with Crippen molar-refractivity contribution in [2.24, 2.45) is 0 Å². The summed E-state index contributed by atoms with van der Waals surface area (Å²) in [6.07, 6.45) is 1.58. The second-order valence-electron chi connectivity index (χ2n) is 6.94. The third-order valence-corrected chi connectivity index (χ3v) is 5.43. The number of benzene rings is 2. The van der Waals surface area contributed by atoms with Gasteiger partial charge in [0.15, 0.2) is 0 Å². The van der Waals surface area contributed by atoms with Crippen LogP contribution < -0.4 is 10.6 Å². The van der Waals surface area contributed by atoms with Crippen LogP contribution in [0, 0.1) is 0 Å². The van der Waals surface area contributed by atoms with Crippen molar-refractivity contribution in [3.8, 4) is 0 Å². The molecule has 0 aliphatic carbocycles. The highest BCUT2D eigenvalue weighted by atomic mass is 35.5. The van der Waals surface area contributed by atoms with E-state index in [9.17, 15) is 9.59 Å². The molecule has 7 heteroatoms. The first kappa shape index (κ1) is 20.6. The van der Waals surface area contributed by atoms with E-state index in [1.54, 1.807) is 18.2 Å². The van der Waals surface area contributed by atoms with Crippen molar-refractivity contribution >= 4 is 40.7 Å². The molecular weight excluding hydrogens is 397 g/mol. The van der Waals surface area contributed by atoms with Crippen LogP contribution in [0.15, 0.2) is 48.5 Å². The molecule has 148 valence electrons. The van der Waals surface area contributed by atoms with Gasteiger partial charge in [0.2, 0.25) is 11.8 Å². The summed E-state index contributed by atoms with van der Waals surface area (Å²) in [4.78, 5) is 27.1. The Bertz CT molecular complexity index is 845. The third kappa shape index (κ3) is 5.25. The molecule has 28 heavy (non-hydrogen) atoms. The standard InChI is InChI=1S/C21H23Cl2N3O2/c1-14(15-6-3-2-4-7-15)24-20(27)13-26-11-5-8-19(26)21(28)25-18-10-9-16(22)12-17(18)23/h2-4,6-7,9-10,12,14,19H,5,8,11,13H2,1H3,(H,24,27)(H,25,28)/t14-,19-/m1/s1. The van der Waals surface area contributed by atoms with E-state index in [-0.39, 0.29) is 30.4 Å². The molecule has 1 aliphatic heterocycles. The SMILES string of the molecule is C[C@@H](NC(=O)CN1CCC[C@@H]1C(=O)Nc1ccc(Cl)cc1Cl)c1ccccc1. The minimum Gasteiger partial charge on any atom is -0.348 e. The van der Waals surface area contributed by atoms with Gasteiger partial charge in [-0.3, -0.25) is 14.5 Å². The smallest absolute Gasteiger partial charge is 0.241 e. The van der Waals surface area contributed by atoms with Gasteiger partial charge in [-0.2, -0.15) is 0 Å². The molecule has 1 saturated heterocycles. The second-order valence-corrected chi connectivity index (χ2v) is 7.79. The fourth-order valence-corrected chi connectivity index (χ4v) is 3.87. The minimum atomic E-state index is -0.357. The molecule has 2 aromatic rings. The maximum absolute atomic E-state index is 12.7. The Kier molecular flexibility index (Phi) is 6.94. The Morgan fingerprint density at radius 2 is 1.93 bits per heavy atom. The highest BCUT2D eigenvalue weighted by molar-refractivity contribution is 6.36. The van der Waals surface area contributed by atoms with E-state index in [1.165, 1.54) is 0 Å². The fraction of sp³-hybridized carbons (Fsp3) is 0.333. The maximum atomic E-state index is 12.7. The van der Waals surface area contributed by atoms with E-state index in [2.05, 4.69) is 10.6 Å². The lowest BCUT2D eigenvalue weighted by atomic mass is 10.1. The normalized spacial score (nSPS) is 17.9. The van der Waals surface area contributed by atoms with E-state index in [0.29, 0.717) is 28.7 Å². The number of nitrogens with one attached hydrogen (secondary N) is 2. The Morgan fingerprint density at radius 3 is 2.64 bits per heavy atom. The lowest BCUT2D eigenvalue weighted by Crippen LogP contribution is -2.45. The van der Waals surface area contributed by atoms with Crippen molar-refractivity contribution in [3.63, 3.8) is 0 Å². The Hall–Kier alpha value is -2.08. The second kappa shape index (κ2) is 9.41. The molecule has 0 saturated carbocycles. The molecule has 2 aromatic carbocycles. The molecule has 2 atom stereocenters. The van der Waals surface area contributed by atoms with Gasteiger partial charge in [-0.05, 0) is 50.1 Å². The van der Waals surface area contributed by atoms with Crippen LogP contribution in [0.1, 0.15) is 31.4 Å². The molecule has 1 fully saturated rings. The highest BCUT2D eigenvalue weighted by Gasteiger charge is 2.32. The molecule has 1 heterocycles. The largest absolute Gasteiger partial charge is 0.348 e. The van der Waals surface area contributed by atoms with Crippen molar-refractivity contribution in [2.75, 3.05) is 18.4 Å². The number of anilines is 1. The van der Waals surface area contributed by atoms with Crippen LogP contribution in [-0.4, -0.2) is 35.8 Å². The maximum Gasteiger partial charge on any atom is 0.241 e. The predicted octanol–water partition coefficient (Wildman–Crippen LogP) is 4.27. The average molecular weight is 420 g/mol. The van der Waals surface area contributed by atoms with Crippen LogP contribution in [0.5, 0.6) is 0 Å². The van der Waals surface area contributed by atoms with E-state index < -0.39 is 0 Å². The summed E-state index contributed by atoms with van der Waals surface area (Å²) >= 11 is 12.0. The van der Waals surface area contributed by atoms with Crippen LogP contribution in [0.2, 0.25) is 10.0 Å². The predicted molar refractivity (Wildman–Crippen MR) is 113 cm³/mol. The highest BCUT2D eigenvalue weighted by Crippen LogP contribution is 2.27. The Balaban J connectivity index is 1.57. The summed E-state index contributed by atoms with van der Waals surface area (Å²) in [6.45, 7) is 2.84. The van der Waals surface area contributed by atoms with E-state index in [0.717, 1.165) is 12.0 Å². The van der Waals surface area contributed by atoms with Gasteiger partial charge in [-0.15, -0.1) is 0 Å². The summed E-state index contributed by atoms with van der Waals surface area (Å²) < 4.78 is 0. The first-order valence-corrected chi connectivity index (χ1v) is 10.0. The monoisotopic (exact) mass is 419 g/mol. The molecule has 0 spiro atoms. The number of hydrogen-bond donors (Lipinski definition) is 2. The number of amides is 2. The van der Waals surface area contributed by atoms with Gasteiger partial charge in [-0.1, -0.05) is 53.5 Å². The van der Waals surface area contributed by atoms with E-state index in [1.807, 2.05) is 42.2 Å². The Morgan fingerprint density at radius 1 is 1.18 bits per heavy atom. The van der Waals surface area contributed by atoms with Gasteiger partial charge < -0.3 is 10.6 Å². The Labute approximate surface area is 175 Å². The fourth-order valence-electron chi connectivity index (χ4n) is 3.42. The summed E-state index contributed by atoms with van der Waals surface area (Å²) in [5.41, 5.74) is 1.56. The summed E-state index contributed by atoms with van der Waals surface area (Å²) in [5, 5.41) is 6.74. The van der Waals surface area contributed by atoms with Crippen LogP contribution in [0.25, 0.3) is 0 Å². The molecule has 0 unspecified atom stereocenters. The van der Waals surface area contributed by atoms with Crippen LogP contribution in [-0.2, 0) is 9.59 Å².